The van der Waals surface area contributed by atoms with Gasteiger partial charge in [-0.25, -0.2) is 0 Å². The van der Waals surface area contributed by atoms with Crippen molar-refractivity contribution in [3.8, 4) is 6.07 Å². The van der Waals surface area contributed by atoms with Gasteiger partial charge in [-0.05, 0) is 50.0 Å². The van der Waals surface area contributed by atoms with Gasteiger partial charge >= 0.3 is 0 Å². The fourth-order valence-electron chi connectivity index (χ4n) is 2.75. The van der Waals surface area contributed by atoms with E-state index >= 15 is 0 Å². The van der Waals surface area contributed by atoms with Gasteiger partial charge in [0.15, 0.2) is 0 Å². The molecule has 0 radical (unpaired) electrons. The van der Waals surface area contributed by atoms with Gasteiger partial charge in [0, 0.05) is 32.8 Å². The Labute approximate surface area is 127 Å². The molecule has 1 saturated heterocycles. The smallest absolute Gasteiger partial charge is 0.0991 e. The van der Waals surface area contributed by atoms with Gasteiger partial charge in [-0.2, -0.15) is 5.26 Å². The molecule has 1 aliphatic rings. The maximum Gasteiger partial charge on any atom is 0.0991 e. The van der Waals surface area contributed by atoms with Crippen LogP contribution in [-0.2, 0) is 11.3 Å². The van der Waals surface area contributed by atoms with Crippen LogP contribution < -0.4 is 5.32 Å². The summed E-state index contributed by atoms with van der Waals surface area (Å²) in [7, 11) is 1.76. The molecule has 0 aliphatic carbocycles. The summed E-state index contributed by atoms with van der Waals surface area (Å²) in [6.45, 7) is 5.25. The Hall–Kier alpha value is -1.41. The fraction of sp³-hybridized carbons (Fsp3) is 0.588. The second-order valence-electron chi connectivity index (χ2n) is 5.65. The molecule has 1 fully saturated rings. The van der Waals surface area contributed by atoms with Gasteiger partial charge < -0.3 is 15.0 Å². The monoisotopic (exact) mass is 287 g/mol. The van der Waals surface area contributed by atoms with E-state index in [1.807, 2.05) is 24.3 Å². The van der Waals surface area contributed by atoms with Crippen LogP contribution in [0.25, 0.3) is 0 Å². The van der Waals surface area contributed by atoms with E-state index < -0.39 is 0 Å². The van der Waals surface area contributed by atoms with Crippen molar-refractivity contribution in [2.45, 2.75) is 31.8 Å². The van der Waals surface area contributed by atoms with E-state index in [1.54, 1.807) is 7.11 Å². The number of hydrogen-bond acceptors (Lipinski definition) is 4. The third-order valence-electron chi connectivity index (χ3n) is 4.09. The normalized spacial score (nSPS) is 16.8. The van der Waals surface area contributed by atoms with Crippen molar-refractivity contribution in [1.82, 2.24) is 10.2 Å². The Bertz CT molecular complexity index is 444. The first-order valence-electron chi connectivity index (χ1n) is 7.75. The zero-order valence-corrected chi connectivity index (χ0v) is 12.8. The Morgan fingerprint density at radius 3 is 2.62 bits per heavy atom. The summed E-state index contributed by atoms with van der Waals surface area (Å²) in [5, 5.41) is 12.4. The van der Waals surface area contributed by atoms with E-state index in [0.717, 1.165) is 31.7 Å². The Kier molecular flexibility index (Phi) is 6.68. The first-order chi connectivity index (χ1) is 10.3. The van der Waals surface area contributed by atoms with Crippen LogP contribution in [0.5, 0.6) is 0 Å². The molecule has 0 aromatic heterocycles. The van der Waals surface area contributed by atoms with Gasteiger partial charge in [0.1, 0.15) is 0 Å². The molecule has 4 nitrogen and oxygen atoms in total. The van der Waals surface area contributed by atoms with Crippen LogP contribution in [0.15, 0.2) is 24.3 Å². The van der Waals surface area contributed by atoms with Gasteiger partial charge in [0.05, 0.1) is 11.6 Å². The zero-order chi connectivity index (χ0) is 14.9. The van der Waals surface area contributed by atoms with Crippen LogP contribution in [-0.4, -0.2) is 44.3 Å². The lowest BCUT2D eigenvalue weighted by molar-refractivity contribution is 0.152. The number of rotatable bonds is 7. The van der Waals surface area contributed by atoms with E-state index in [9.17, 15) is 0 Å². The quantitative estimate of drug-likeness (QED) is 0.781. The molecule has 0 amide bonds. The Morgan fingerprint density at radius 2 is 2.00 bits per heavy atom. The topological polar surface area (TPSA) is 48.3 Å². The largest absolute Gasteiger partial charge is 0.385 e. The number of nitrogens with zero attached hydrogens (tertiary/aromatic N) is 2. The lowest BCUT2D eigenvalue weighted by atomic mass is 10.0. The maximum absolute atomic E-state index is 8.79. The van der Waals surface area contributed by atoms with E-state index in [0.29, 0.717) is 6.04 Å². The van der Waals surface area contributed by atoms with Crippen LogP contribution >= 0.6 is 0 Å². The molecule has 2 rings (SSSR count). The average Bonchev–Trinajstić information content (AvgIpc) is 2.55. The van der Waals surface area contributed by atoms with Crippen molar-refractivity contribution in [2.24, 2.45) is 0 Å². The predicted molar refractivity (Wildman–Crippen MR) is 84.0 cm³/mol. The highest BCUT2D eigenvalue weighted by molar-refractivity contribution is 5.31. The van der Waals surface area contributed by atoms with E-state index in [-0.39, 0.29) is 0 Å². The van der Waals surface area contributed by atoms with Crippen LogP contribution in [0.4, 0.5) is 0 Å². The number of nitrogens with one attached hydrogen (secondary N) is 1. The molecule has 1 N–H and O–H groups in total. The number of piperidine rings is 1. The summed E-state index contributed by atoms with van der Waals surface area (Å²) < 4.78 is 5.10. The van der Waals surface area contributed by atoms with Gasteiger partial charge in [-0.15, -0.1) is 0 Å². The minimum Gasteiger partial charge on any atom is -0.385 e. The minimum atomic E-state index is 0.610. The second kappa shape index (κ2) is 8.78. The summed E-state index contributed by atoms with van der Waals surface area (Å²) in [4.78, 5) is 2.53. The number of ether oxygens (including phenoxy) is 1. The van der Waals surface area contributed by atoms with Gasteiger partial charge in [0.2, 0.25) is 0 Å². The summed E-state index contributed by atoms with van der Waals surface area (Å²) >= 11 is 0. The third-order valence-corrected chi connectivity index (χ3v) is 4.09. The molecule has 1 aromatic carbocycles. The average molecular weight is 287 g/mol. The number of nitriles is 1. The lowest BCUT2D eigenvalue weighted by Gasteiger charge is -2.32. The van der Waals surface area contributed by atoms with Crippen molar-refractivity contribution in [2.75, 3.05) is 33.4 Å². The molecular weight excluding hydrogens is 262 g/mol. The molecule has 0 unspecified atom stereocenters. The molecule has 1 aromatic rings. The van der Waals surface area contributed by atoms with Crippen molar-refractivity contribution >= 4 is 0 Å². The Morgan fingerprint density at radius 1 is 1.29 bits per heavy atom. The standard InChI is InChI=1S/C17H25N3O/c1-21-12-2-9-20-10-7-17(8-11-20)19-14-16-5-3-15(13-18)4-6-16/h3-6,17,19H,2,7-12,14H2,1H3. The van der Waals surface area contributed by atoms with Gasteiger partial charge in [0.25, 0.3) is 0 Å². The SMILES string of the molecule is COCCCN1CCC(NCc2ccc(C#N)cc2)CC1. The summed E-state index contributed by atoms with van der Waals surface area (Å²) in [5.74, 6) is 0. The molecule has 114 valence electrons. The van der Waals surface area contributed by atoms with E-state index in [1.165, 1.54) is 31.5 Å². The second-order valence-corrected chi connectivity index (χ2v) is 5.65. The van der Waals surface area contributed by atoms with Crippen molar-refractivity contribution in [3.05, 3.63) is 35.4 Å². The fourth-order valence-corrected chi connectivity index (χ4v) is 2.75. The molecule has 1 aliphatic heterocycles. The molecule has 1 heterocycles. The van der Waals surface area contributed by atoms with Gasteiger partial charge in [-0.1, -0.05) is 12.1 Å². The molecular formula is C17H25N3O. The third kappa shape index (κ3) is 5.47. The molecule has 0 saturated carbocycles. The predicted octanol–water partition coefficient (Wildman–Crippen LogP) is 2.15. The molecule has 0 spiro atoms. The maximum atomic E-state index is 8.79. The molecule has 21 heavy (non-hydrogen) atoms. The van der Waals surface area contributed by atoms with Crippen LogP contribution in [0.2, 0.25) is 0 Å². The molecule has 4 heteroatoms. The highest BCUT2D eigenvalue weighted by Crippen LogP contribution is 2.12. The van der Waals surface area contributed by atoms with Gasteiger partial charge in [-0.3, -0.25) is 0 Å². The Balaban J connectivity index is 1.65. The number of benzene rings is 1. The van der Waals surface area contributed by atoms with Crippen LogP contribution in [0.1, 0.15) is 30.4 Å². The van der Waals surface area contributed by atoms with Crippen LogP contribution in [0.3, 0.4) is 0 Å². The summed E-state index contributed by atoms with van der Waals surface area (Å²) in [6.07, 6.45) is 3.55. The molecule has 0 atom stereocenters. The van der Waals surface area contributed by atoms with Crippen molar-refractivity contribution in [1.29, 1.82) is 5.26 Å². The van der Waals surface area contributed by atoms with E-state index in [4.69, 9.17) is 10.00 Å². The number of likely N-dealkylation sites (tertiary alicyclic amines) is 1. The zero-order valence-electron chi connectivity index (χ0n) is 12.8. The van der Waals surface area contributed by atoms with Crippen LogP contribution in [0, 0.1) is 11.3 Å². The lowest BCUT2D eigenvalue weighted by Crippen LogP contribution is -2.42. The number of methoxy groups -OCH3 is 1. The highest BCUT2D eigenvalue weighted by atomic mass is 16.5. The first-order valence-corrected chi connectivity index (χ1v) is 7.75. The van der Waals surface area contributed by atoms with Crippen molar-refractivity contribution in [3.63, 3.8) is 0 Å². The first kappa shape index (κ1) is 16.0. The minimum absolute atomic E-state index is 0.610. The highest BCUT2D eigenvalue weighted by Gasteiger charge is 2.18. The van der Waals surface area contributed by atoms with E-state index in [2.05, 4.69) is 16.3 Å². The van der Waals surface area contributed by atoms with Crippen molar-refractivity contribution < 1.29 is 4.74 Å². The number of hydrogen-bond donors (Lipinski definition) is 1. The summed E-state index contributed by atoms with van der Waals surface area (Å²) in [6, 6.07) is 10.6. The molecule has 0 bridgehead atoms. The summed E-state index contributed by atoms with van der Waals surface area (Å²) in [5.41, 5.74) is 1.97.